The summed E-state index contributed by atoms with van der Waals surface area (Å²) in [7, 11) is 0. The van der Waals surface area contributed by atoms with Crippen molar-refractivity contribution in [1.82, 2.24) is 4.90 Å². The minimum absolute atomic E-state index is 0.289. The number of likely N-dealkylation sites (tertiary alicyclic amines) is 1. The molecule has 8 nitrogen and oxygen atoms in total. The molecule has 2 unspecified atom stereocenters. The summed E-state index contributed by atoms with van der Waals surface area (Å²) in [5.41, 5.74) is -0.792. The Kier molecular flexibility index (Phi) is 6.19. The summed E-state index contributed by atoms with van der Waals surface area (Å²) >= 11 is 0. The zero-order valence-corrected chi connectivity index (χ0v) is 22.1. The van der Waals surface area contributed by atoms with Crippen LogP contribution >= 0.6 is 0 Å². The van der Waals surface area contributed by atoms with Gasteiger partial charge in [0.15, 0.2) is 0 Å². The first kappa shape index (κ1) is 25.5. The number of amides is 3. The number of hydrogen-bond acceptors (Lipinski definition) is 5. The molecule has 6 rings (SSSR count). The van der Waals surface area contributed by atoms with E-state index in [9.17, 15) is 19.5 Å². The number of nitrogens with zero attached hydrogens (tertiary/aromatic N) is 1. The summed E-state index contributed by atoms with van der Waals surface area (Å²) in [4.78, 5) is 43.4. The Morgan fingerprint density at radius 1 is 0.974 bits per heavy atom. The maximum absolute atomic E-state index is 14.2. The Morgan fingerprint density at radius 3 is 2.38 bits per heavy atom. The largest absolute Gasteiger partial charge is 0.394 e. The molecule has 3 saturated heterocycles. The molecule has 0 aromatic heterocycles. The van der Waals surface area contributed by atoms with Gasteiger partial charge >= 0.3 is 0 Å². The quantitative estimate of drug-likeness (QED) is 0.431. The highest BCUT2D eigenvalue weighted by atomic mass is 16.5. The molecule has 3 aromatic carbocycles. The van der Waals surface area contributed by atoms with Crippen molar-refractivity contribution in [3.05, 3.63) is 72.8 Å². The lowest BCUT2D eigenvalue weighted by atomic mass is 9.66. The van der Waals surface area contributed by atoms with E-state index in [1.165, 1.54) is 4.90 Å². The van der Waals surface area contributed by atoms with Gasteiger partial charge in [-0.1, -0.05) is 55.5 Å². The summed E-state index contributed by atoms with van der Waals surface area (Å²) < 4.78 is 6.66. The number of fused-ring (bicyclic) bond motifs is 2. The van der Waals surface area contributed by atoms with Crippen molar-refractivity contribution in [1.29, 1.82) is 0 Å². The van der Waals surface area contributed by atoms with Crippen molar-refractivity contribution in [2.24, 2.45) is 11.8 Å². The number of hydrogen-bond donors (Lipinski definition) is 3. The van der Waals surface area contributed by atoms with Gasteiger partial charge in [0.25, 0.3) is 0 Å². The number of carbonyl (C=O) groups excluding carboxylic acids is 3. The van der Waals surface area contributed by atoms with E-state index in [0.29, 0.717) is 30.6 Å². The number of aliphatic hydroxyl groups excluding tert-OH is 1. The van der Waals surface area contributed by atoms with E-state index in [1.54, 1.807) is 12.1 Å². The number of ether oxygens (including phenoxy) is 1. The van der Waals surface area contributed by atoms with Crippen molar-refractivity contribution >= 4 is 39.9 Å². The minimum Gasteiger partial charge on any atom is -0.394 e. The van der Waals surface area contributed by atoms with Crippen LogP contribution in [0.5, 0.6) is 0 Å². The number of rotatable bonds is 7. The molecule has 3 aliphatic heterocycles. The molecule has 3 amide bonds. The molecular formula is C31H33N3O5. The monoisotopic (exact) mass is 527 g/mol. The van der Waals surface area contributed by atoms with Crippen LogP contribution in [0.15, 0.2) is 72.8 Å². The van der Waals surface area contributed by atoms with E-state index in [0.717, 1.165) is 10.8 Å². The molecule has 0 saturated carbocycles. The Bertz CT molecular complexity index is 1440. The van der Waals surface area contributed by atoms with E-state index in [2.05, 4.69) is 10.6 Å². The van der Waals surface area contributed by atoms with Crippen LogP contribution in [0.4, 0.5) is 11.4 Å². The Balaban J connectivity index is 1.37. The summed E-state index contributed by atoms with van der Waals surface area (Å²) in [5.74, 6) is -2.58. The fourth-order valence-corrected chi connectivity index (χ4v) is 7.09. The predicted molar refractivity (Wildman–Crippen MR) is 148 cm³/mol. The van der Waals surface area contributed by atoms with Crippen molar-refractivity contribution in [2.75, 3.05) is 17.2 Å². The molecule has 2 bridgehead atoms. The molecule has 3 aromatic rings. The van der Waals surface area contributed by atoms with Crippen LogP contribution in [0, 0.1) is 11.8 Å². The van der Waals surface area contributed by atoms with Crippen LogP contribution < -0.4 is 10.6 Å². The summed E-state index contributed by atoms with van der Waals surface area (Å²) in [6, 6.07) is 21.1. The highest BCUT2D eigenvalue weighted by Gasteiger charge is 2.78. The average molecular weight is 528 g/mol. The predicted octanol–water partition coefficient (Wildman–Crippen LogP) is 3.95. The topological polar surface area (TPSA) is 108 Å². The van der Waals surface area contributed by atoms with Gasteiger partial charge in [0.2, 0.25) is 17.7 Å². The fourth-order valence-electron chi connectivity index (χ4n) is 7.09. The number of aliphatic hydroxyl groups is 1. The van der Waals surface area contributed by atoms with Gasteiger partial charge in [0.1, 0.15) is 11.6 Å². The van der Waals surface area contributed by atoms with Crippen LogP contribution in [-0.2, 0) is 19.1 Å². The molecule has 39 heavy (non-hydrogen) atoms. The van der Waals surface area contributed by atoms with Gasteiger partial charge in [-0.3, -0.25) is 14.4 Å². The molecule has 3 N–H and O–H groups in total. The van der Waals surface area contributed by atoms with Crippen molar-refractivity contribution in [3.8, 4) is 0 Å². The molecule has 3 aliphatic rings. The molecule has 6 atom stereocenters. The Hall–Kier alpha value is -3.75. The molecule has 3 fully saturated rings. The zero-order chi connectivity index (χ0) is 27.4. The van der Waals surface area contributed by atoms with Crippen molar-refractivity contribution in [3.63, 3.8) is 0 Å². The first-order valence-electron chi connectivity index (χ1n) is 13.6. The summed E-state index contributed by atoms with van der Waals surface area (Å²) in [6.45, 7) is 3.45. The molecule has 8 heteroatoms. The molecular weight excluding hydrogens is 494 g/mol. The van der Waals surface area contributed by atoms with Gasteiger partial charge in [-0.05, 0) is 61.2 Å². The second kappa shape index (κ2) is 9.47. The van der Waals surface area contributed by atoms with Gasteiger partial charge < -0.3 is 25.4 Å². The first-order valence-corrected chi connectivity index (χ1v) is 13.6. The number of benzene rings is 3. The van der Waals surface area contributed by atoms with Crippen LogP contribution in [0.2, 0.25) is 0 Å². The molecule has 3 heterocycles. The SMILES string of the molecule is CC[C@@H](CO)N1C(=O)[C@@H]2[C@H](C(=O)Nc3ccccc3)[C@]3(C)CCC2(O3)C1C(=O)Nc1ccc2ccccc2c1. The zero-order valence-electron chi connectivity index (χ0n) is 22.1. The number of anilines is 2. The highest BCUT2D eigenvalue weighted by molar-refractivity contribution is 6.06. The second-order valence-electron chi connectivity index (χ2n) is 11.1. The standard InChI is InChI=1S/C31H33N3O5/c1-3-23(18-35)34-26(28(37)33-22-14-13-19-9-7-8-10-20(19)17-22)31-16-15-30(2,39-31)24(25(31)29(34)38)27(36)32-21-11-5-4-6-12-21/h4-14,17,23-26,35H,3,15-16,18H2,1-2H3,(H,32,36)(H,33,37)/t23-,24+,25-,26?,30-,31?/m0/s1. The summed E-state index contributed by atoms with van der Waals surface area (Å²) in [5, 5.41) is 18.2. The van der Waals surface area contributed by atoms with E-state index >= 15 is 0 Å². The van der Waals surface area contributed by atoms with Crippen LogP contribution in [-0.4, -0.2) is 57.6 Å². The lowest BCUT2D eigenvalue weighted by Gasteiger charge is -2.36. The van der Waals surface area contributed by atoms with Crippen molar-refractivity contribution in [2.45, 2.75) is 56.4 Å². The Labute approximate surface area is 227 Å². The van der Waals surface area contributed by atoms with Crippen LogP contribution in [0.1, 0.15) is 33.1 Å². The normalized spacial score (nSPS) is 29.9. The smallest absolute Gasteiger partial charge is 0.250 e. The van der Waals surface area contributed by atoms with Gasteiger partial charge in [-0.15, -0.1) is 0 Å². The lowest BCUT2D eigenvalue weighted by Crippen LogP contribution is -2.56. The number of para-hydroxylation sites is 1. The highest BCUT2D eigenvalue weighted by Crippen LogP contribution is 2.63. The second-order valence-corrected chi connectivity index (χ2v) is 11.1. The van der Waals surface area contributed by atoms with Gasteiger partial charge in [0.05, 0.1) is 30.1 Å². The van der Waals surface area contributed by atoms with Crippen LogP contribution in [0.3, 0.4) is 0 Å². The van der Waals surface area contributed by atoms with E-state index in [1.807, 2.05) is 74.5 Å². The van der Waals surface area contributed by atoms with E-state index in [4.69, 9.17) is 4.74 Å². The molecule has 202 valence electrons. The fraction of sp³-hybridized carbons (Fsp3) is 0.387. The third-order valence-corrected chi connectivity index (χ3v) is 8.88. The average Bonchev–Trinajstić information content (AvgIpc) is 3.51. The summed E-state index contributed by atoms with van der Waals surface area (Å²) in [6.07, 6.45) is 1.49. The van der Waals surface area contributed by atoms with E-state index < -0.39 is 35.1 Å². The number of carbonyl (C=O) groups is 3. The molecule has 0 radical (unpaired) electrons. The Morgan fingerprint density at radius 2 is 1.67 bits per heavy atom. The minimum atomic E-state index is -1.16. The van der Waals surface area contributed by atoms with Gasteiger partial charge in [-0.2, -0.15) is 0 Å². The third kappa shape index (κ3) is 3.93. The third-order valence-electron chi connectivity index (χ3n) is 8.88. The van der Waals surface area contributed by atoms with E-state index in [-0.39, 0.29) is 24.3 Å². The molecule has 0 aliphatic carbocycles. The maximum Gasteiger partial charge on any atom is 0.250 e. The van der Waals surface area contributed by atoms with Gasteiger partial charge in [0, 0.05) is 11.4 Å². The first-order chi connectivity index (χ1) is 18.8. The lowest BCUT2D eigenvalue weighted by molar-refractivity contribution is -0.146. The molecule has 1 spiro atoms. The number of nitrogens with one attached hydrogen (secondary N) is 2. The maximum atomic E-state index is 14.2. The van der Waals surface area contributed by atoms with Gasteiger partial charge in [-0.25, -0.2) is 0 Å². The van der Waals surface area contributed by atoms with Crippen molar-refractivity contribution < 1.29 is 24.2 Å². The van der Waals surface area contributed by atoms with Crippen LogP contribution in [0.25, 0.3) is 10.8 Å².